The van der Waals surface area contributed by atoms with Crippen molar-refractivity contribution >= 4 is 28.4 Å². The molecule has 0 aliphatic carbocycles. The number of nitrogens with zero attached hydrogens (tertiary/aromatic N) is 2. The van der Waals surface area contributed by atoms with E-state index in [2.05, 4.69) is 39.5 Å². The average Bonchev–Trinajstić information content (AvgIpc) is 2.45. The van der Waals surface area contributed by atoms with Crippen LogP contribution >= 0.6 is 22.6 Å². The van der Waals surface area contributed by atoms with Crippen molar-refractivity contribution in [1.82, 2.24) is 9.97 Å². The Morgan fingerprint density at radius 2 is 1.95 bits per heavy atom. The number of para-hydroxylation sites is 1. The monoisotopic (exact) mass is 383 g/mol. The molecule has 0 unspecified atom stereocenters. The highest BCUT2D eigenvalue weighted by molar-refractivity contribution is 14.1. The van der Waals surface area contributed by atoms with Crippen molar-refractivity contribution in [3.8, 4) is 17.1 Å². The number of ether oxygens (including phenoxy) is 1. The van der Waals surface area contributed by atoms with Crippen molar-refractivity contribution < 1.29 is 4.74 Å². The molecule has 0 bridgehead atoms. The summed E-state index contributed by atoms with van der Waals surface area (Å²) in [5.41, 5.74) is 7.90. The van der Waals surface area contributed by atoms with Gasteiger partial charge in [0, 0.05) is 0 Å². The third-order valence-corrected chi connectivity index (χ3v) is 4.04. The van der Waals surface area contributed by atoms with E-state index < -0.39 is 0 Å². The van der Waals surface area contributed by atoms with E-state index in [4.69, 9.17) is 10.5 Å². The van der Waals surface area contributed by atoms with Crippen LogP contribution in [0.1, 0.15) is 26.0 Å². The summed E-state index contributed by atoms with van der Waals surface area (Å²) in [5.74, 6) is 1.96. The van der Waals surface area contributed by atoms with Crippen LogP contribution in [-0.2, 0) is 6.42 Å². The van der Waals surface area contributed by atoms with Crippen molar-refractivity contribution in [3.63, 3.8) is 0 Å². The lowest BCUT2D eigenvalue weighted by Crippen LogP contribution is -2.06. The number of nitrogen functional groups attached to an aromatic ring is 1. The molecule has 4 nitrogen and oxygen atoms in total. The zero-order valence-electron chi connectivity index (χ0n) is 11.7. The average molecular weight is 383 g/mol. The van der Waals surface area contributed by atoms with Gasteiger partial charge < -0.3 is 10.5 Å². The summed E-state index contributed by atoms with van der Waals surface area (Å²) in [6, 6.07) is 7.78. The van der Waals surface area contributed by atoms with Gasteiger partial charge in [-0.1, -0.05) is 25.5 Å². The van der Waals surface area contributed by atoms with Crippen molar-refractivity contribution in [2.45, 2.75) is 26.7 Å². The molecule has 106 valence electrons. The number of anilines is 1. The van der Waals surface area contributed by atoms with Gasteiger partial charge in [-0.05, 0) is 48.1 Å². The Bertz CT molecular complexity index is 602. The van der Waals surface area contributed by atoms with Crippen molar-refractivity contribution in [2.75, 3.05) is 12.3 Å². The second-order valence-corrected chi connectivity index (χ2v) is 5.45. The fraction of sp³-hybridized carbons (Fsp3) is 0.333. The number of halogens is 1. The first-order chi connectivity index (χ1) is 9.67. The van der Waals surface area contributed by atoms with Crippen LogP contribution < -0.4 is 10.5 Å². The minimum atomic E-state index is 0.533. The second kappa shape index (κ2) is 6.88. The number of hydrogen-bond donors (Lipinski definition) is 1. The van der Waals surface area contributed by atoms with Crippen molar-refractivity contribution in [1.29, 1.82) is 0 Å². The highest BCUT2D eigenvalue weighted by atomic mass is 127. The van der Waals surface area contributed by atoms with Crippen molar-refractivity contribution in [3.05, 3.63) is 33.5 Å². The SMILES string of the molecule is CCCc1nc(-c2ccccc2OCC)nc(N)c1I. The Morgan fingerprint density at radius 1 is 1.20 bits per heavy atom. The molecular formula is C15H18IN3O. The minimum absolute atomic E-state index is 0.533. The van der Waals surface area contributed by atoms with Crippen LogP contribution in [0.2, 0.25) is 0 Å². The fourth-order valence-electron chi connectivity index (χ4n) is 1.97. The molecule has 1 heterocycles. The van der Waals surface area contributed by atoms with Crippen LogP contribution in [0, 0.1) is 3.57 Å². The second-order valence-electron chi connectivity index (χ2n) is 4.37. The lowest BCUT2D eigenvalue weighted by Gasteiger charge is -2.12. The highest BCUT2D eigenvalue weighted by Gasteiger charge is 2.14. The molecule has 0 saturated heterocycles. The number of aryl methyl sites for hydroxylation is 1. The largest absolute Gasteiger partial charge is 0.493 e. The minimum Gasteiger partial charge on any atom is -0.493 e. The number of hydrogen-bond acceptors (Lipinski definition) is 4. The molecule has 1 aromatic carbocycles. The molecule has 20 heavy (non-hydrogen) atoms. The predicted molar refractivity (Wildman–Crippen MR) is 89.8 cm³/mol. The molecule has 0 amide bonds. The van der Waals surface area contributed by atoms with Gasteiger partial charge in [-0.2, -0.15) is 0 Å². The van der Waals surface area contributed by atoms with Gasteiger partial charge in [-0.3, -0.25) is 0 Å². The molecule has 0 spiro atoms. The van der Waals surface area contributed by atoms with Gasteiger partial charge >= 0.3 is 0 Å². The van der Waals surface area contributed by atoms with Crippen LogP contribution in [0.4, 0.5) is 5.82 Å². The number of benzene rings is 1. The topological polar surface area (TPSA) is 61.0 Å². The van der Waals surface area contributed by atoms with E-state index >= 15 is 0 Å². The molecule has 2 N–H and O–H groups in total. The van der Waals surface area contributed by atoms with Gasteiger partial charge in [-0.25, -0.2) is 9.97 Å². The first kappa shape index (κ1) is 15.0. The highest BCUT2D eigenvalue weighted by Crippen LogP contribution is 2.29. The van der Waals surface area contributed by atoms with Crippen LogP contribution in [0.5, 0.6) is 5.75 Å². The zero-order valence-corrected chi connectivity index (χ0v) is 13.8. The van der Waals surface area contributed by atoms with E-state index in [1.807, 2.05) is 31.2 Å². The maximum atomic E-state index is 6.01. The Balaban J connectivity index is 2.52. The predicted octanol–water partition coefficient (Wildman–Crippen LogP) is 3.68. The molecule has 0 fully saturated rings. The van der Waals surface area contributed by atoms with E-state index in [9.17, 15) is 0 Å². The third kappa shape index (κ3) is 3.20. The molecule has 0 radical (unpaired) electrons. The van der Waals surface area contributed by atoms with Crippen molar-refractivity contribution in [2.24, 2.45) is 0 Å². The van der Waals surface area contributed by atoms with Crippen LogP contribution in [0.3, 0.4) is 0 Å². The summed E-state index contributed by atoms with van der Waals surface area (Å²) in [4.78, 5) is 9.07. The lowest BCUT2D eigenvalue weighted by molar-refractivity contribution is 0.341. The Kier molecular flexibility index (Phi) is 5.17. The maximum absolute atomic E-state index is 6.01. The summed E-state index contributed by atoms with van der Waals surface area (Å²) in [7, 11) is 0. The fourth-order valence-corrected chi connectivity index (χ4v) is 2.48. The van der Waals surface area contributed by atoms with E-state index in [0.717, 1.165) is 33.4 Å². The summed E-state index contributed by atoms with van der Waals surface area (Å²) in [6.45, 7) is 4.70. The van der Waals surface area contributed by atoms with E-state index in [1.165, 1.54) is 0 Å². The van der Waals surface area contributed by atoms with Crippen LogP contribution in [0.15, 0.2) is 24.3 Å². The van der Waals surface area contributed by atoms with Gasteiger partial charge in [0.15, 0.2) is 5.82 Å². The Labute approximate surface area is 132 Å². The molecule has 2 rings (SSSR count). The first-order valence-electron chi connectivity index (χ1n) is 6.71. The van der Waals surface area contributed by atoms with Crippen LogP contribution in [0.25, 0.3) is 11.4 Å². The first-order valence-corrected chi connectivity index (χ1v) is 7.79. The normalized spacial score (nSPS) is 10.6. The summed E-state index contributed by atoms with van der Waals surface area (Å²) < 4.78 is 6.59. The standard InChI is InChI=1S/C15H18IN3O/c1-3-7-11-13(16)14(17)19-15(18-11)10-8-5-6-9-12(10)20-4-2/h5-6,8-9H,3-4,7H2,1-2H3,(H2,17,18,19). The van der Waals surface area contributed by atoms with E-state index in [-0.39, 0.29) is 0 Å². The molecule has 1 aromatic heterocycles. The molecular weight excluding hydrogens is 365 g/mol. The number of nitrogens with two attached hydrogens (primary N) is 1. The van der Waals surface area contributed by atoms with E-state index in [0.29, 0.717) is 18.2 Å². The van der Waals surface area contributed by atoms with E-state index in [1.54, 1.807) is 0 Å². The number of rotatable bonds is 5. The molecule has 5 heteroatoms. The Hall–Kier alpha value is -1.37. The van der Waals surface area contributed by atoms with Gasteiger partial charge in [-0.15, -0.1) is 0 Å². The maximum Gasteiger partial charge on any atom is 0.165 e. The molecule has 0 aliphatic heterocycles. The molecule has 0 atom stereocenters. The zero-order chi connectivity index (χ0) is 14.5. The van der Waals surface area contributed by atoms with Gasteiger partial charge in [0.25, 0.3) is 0 Å². The molecule has 0 saturated carbocycles. The lowest BCUT2D eigenvalue weighted by atomic mass is 10.1. The van der Waals surface area contributed by atoms with Gasteiger partial charge in [0.2, 0.25) is 0 Å². The summed E-state index contributed by atoms with van der Waals surface area (Å²) in [5, 5.41) is 0. The Morgan fingerprint density at radius 3 is 2.65 bits per heavy atom. The molecule has 2 aromatic rings. The summed E-state index contributed by atoms with van der Waals surface area (Å²) >= 11 is 2.21. The number of aromatic nitrogens is 2. The van der Waals surface area contributed by atoms with Gasteiger partial charge in [0.1, 0.15) is 11.6 Å². The summed E-state index contributed by atoms with van der Waals surface area (Å²) in [6.07, 6.45) is 1.92. The third-order valence-electron chi connectivity index (χ3n) is 2.86. The molecule has 0 aliphatic rings. The quantitative estimate of drug-likeness (QED) is 0.801. The van der Waals surface area contributed by atoms with Crippen LogP contribution in [-0.4, -0.2) is 16.6 Å². The smallest absolute Gasteiger partial charge is 0.165 e. The van der Waals surface area contributed by atoms with Gasteiger partial charge in [0.05, 0.1) is 21.4 Å².